The summed E-state index contributed by atoms with van der Waals surface area (Å²) < 4.78 is 5.44. The molecule has 0 aliphatic carbocycles. The molecule has 22 heavy (non-hydrogen) atoms. The molecule has 3 rings (SSSR count). The zero-order chi connectivity index (χ0) is 15.2. The second kappa shape index (κ2) is 7.26. The minimum atomic E-state index is -0.0934. The summed E-state index contributed by atoms with van der Waals surface area (Å²) >= 11 is 0. The number of hydrogen-bond donors (Lipinski definition) is 2. The monoisotopic (exact) mass is 302 g/mol. The van der Waals surface area contributed by atoms with Crippen LogP contribution in [0.5, 0.6) is 0 Å². The van der Waals surface area contributed by atoms with Gasteiger partial charge in [-0.3, -0.25) is 0 Å². The molecule has 2 aromatic heterocycles. The summed E-state index contributed by atoms with van der Waals surface area (Å²) in [4.78, 5) is 11.0. The number of hydrogen-bond acceptors (Lipinski definition) is 6. The van der Waals surface area contributed by atoms with E-state index in [1.54, 1.807) is 12.6 Å². The topological polar surface area (TPSA) is 74.4 Å². The fraction of sp³-hybridized carbons (Fsp3) is 0.500. The van der Waals surface area contributed by atoms with E-state index in [2.05, 4.69) is 20.2 Å². The molecule has 0 bridgehead atoms. The van der Waals surface area contributed by atoms with Gasteiger partial charge in [0.1, 0.15) is 23.7 Å². The predicted molar refractivity (Wildman–Crippen MR) is 84.9 cm³/mol. The van der Waals surface area contributed by atoms with E-state index in [0.29, 0.717) is 6.42 Å². The van der Waals surface area contributed by atoms with Gasteiger partial charge in [-0.2, -0.15) is 0 Å². The van der Waals surface area contributed by atoms with Gasteiger partial charge in [-0.25, -0.2) is 9.97 Å². The maximum atomic E-state index is 9.25. The third kappa shape index (κ3) is 3.57. The molecular formula is C16H22N4O2. The Morgan fingerprint density at radius 3 is 2.86 bits per heavy atom. The summed E-state index contributed by atoms with van der Waals surface area (Å²) in [6.07, 6.45) is 7.52. The number of furan rings is 1. The number of aliphatic hydroxyl groups is 1. The zero-order valence-corrected chi connectivity index (χ0v) is 12.6. The van der Waals surface area contributed by atoms with Crippen molar-refractivity contribution in [3.8, 4) is 0 Å². The highest BCUT2D eigenvalue weighted by molar-refractivity contribution is 5.49. The van der Waals surface area contributed by atoms with Crippen LogP contribution in [-0.4, -0.2) is 34.8 Å². The van der Waals surface area contributed by atoms with Gasteiger partial charge >= 0.3 is 0 Å². The number of rotatable bonds is 6. The van der Waals surface area contributed by atoms with Gasteiger partial charge < -0.3 is 19.7 Å². The van der Waals surface area contributed by atoms with Crippen molar-refractivity contribution in [3.05, 3.63) is 36.5 Å². The molecule has 1 aliphatic heterocycles. The van der Waals surface area contributed by atoms with Crippen LogP contribution in [0.15, 0.2) is 35.2 Å². The Morgan fingerprint density at radius 1 is 1.27 bits per heavy atom. The van der Waals surface area contributed by atoms with Crippen LogP contribution in [0.1, 0.15) is 37.5 Å². The SMILES string of the molecule is OCCC(Nc1cc(N2CCCCC2)ncn1)c1ccco1. The molecule has 1 fully saturated rings. The highest BCUT2D eigenvalue weighted by Crippen LogP contribution is 2.24. The second-order valence-electron chi connectivity index (χ2n) is 5.53. The van der Waals surface area contributed by atoms with Crippen LogP contribution < -0.4 is 10.2 Å². The standard InChI is InChI=1S/C16H22N4O2/c21-9-6-13(14-5-4-10-22-14)19-15-11-16(18-12-17-15)20-7-2-1-3-8-20/h4-5,10-13,21H,1-3,6-9H2,(H,17,18,19). The van der Waals surface area contributed by atoms with E-state index >= 15 is 0 Å². The first kappa shape index (κ1) is 14.8. The van der Waals surface area contributed by atoms with Crippen molar-refractivity contribution in [3.63, 3.8) is 0 Å². The van der Waals surface area contributed by atoms with Crippen molar-refractivity contribution in [1.29, 1.82) is 0 Å². The number of aliphatic hydroxyl groups excluding tert-OH is 1. The molecule has 0 saturated carbocycles. The van der Waals surface area contributed by atoms with Crippen LogP contribution in [-0.2, 0) is 0 Å². The fourth-order valence-corrected chi connectivity index (χ4v) is 2.80. The van der Waals surface area contributed by atoms with E-state index in [9.17, 15) is 5.11 Å². The fourth-order valence-electron chi connectivity index (χ4n) is 2.80. The van der Waals surface area contributed by atoms with E-state index in [1.807, 2.05) is 18.2 Å². The second-order valence-corrected chi connectivity index (χ2v) is 5.53. The average molecular weight is 302 g/mol. The van der Waals surface area contributed by atoms with Crippen LogP contribution in [0.3, 0.4) is 0 Å². The Balaban J connectivity index is 1.73. The molecule has 1 unspecified atom stereocenters. The highest BCUT2D eigenvalue weighted by atomic mass is 16.3. The molecule has 0 radical (unpaired) electrons. The van der Waals surface area contributed by atoms with Gasteiger partial charge in [0.05, 0.1) is 12.3 Å². The molecule has 3 heterocycles. The molecule has 1 atom stereocenters. The van der Waals surface area contributed by atoms with Crippen LogP contribution >= 0.6 is 0 Å². The molecule has 1 saturated heterocycles. The Bertz CT molecular complexity index is 567. The van der Waals surface area contributed by atoms with E-state index in [0.717, 1.165) is 30.5 Å². The lowest BCUT2D eigenvalue weighted by Crippen LogP contribution is -2.30. The summed E-state index contributed by atoms with van der Waals surface area (Å²) in [5.74, 6) is 2.51. The van der Waals surface area contributed by atoms with Crippen molar-refractivity contribution >= 4 is 11.6 Å². The lowest BCUT2D eigenvalue weighted by atomic mass is 10.1. The number of nitrogens with one attached hydrogen (secondary N) is 1. The minimum Gasteiger partial charge on any atom is -0.467 e. The normalized spacial score (nSPS) is 16.5. The van der Waals surface area contributed by atoms with E-state index < -0.39 is 0 Å². The predicted octanol–water partition coefficient (Wildman–Crippen LogP) is 2.60. The lowest BCUT2D eigenvalue weighted by Gasteiger charge is -2.28. The van der Waals surface area contributed by atoms with E-state index in [4.69, 9.17) is 4.42 Å². The summed E-state index contributed by atoms with van der Waals surface area (Å²) in [6.45, 7) is 2.19. The van der Waals surface area contributed by atoms with Crippen molar-refractivity contribution in [2.45, 2.75) is 31.7 Å². The van der Waals surface area contributed by atoms with E-state index in [-0.39, 0.29) is 12.6 Å². The molecular weight excluding hydrogens is 280 g/mol. The van der Waals surface area contributed by atoms with Gasteiger partial charge in [0.2, 0.25) is 0 Å². The number of aromatic nitrogens is 2. The van der Waals surface area contributed by atoms with Crippen LogP contribution in [0.4, 0.5) is 11.6 Å². The molecule has 0 amide bonds. The Hall–Kier alpha value is -2.08. The maximum Gasteiger partial charge on any atom is 0.134 e. The Morgan fingerprint density at radius 2 is 2.14 bits per heavy atom. The average Bonchev–Trinajstić information content (AvgIpc) is 3.10. The summed E-state index contributed by atoms with van der Waals surface area (Å²) in [5.41, 5.74) is 0. The molecule has 2 aromatic rings. The van der Waals surface area contributed by atoms with Crippen molar-refractivity contribution in [1.82, 2.24) is 9.97 Å². The van der Waals surface area contributed by atoms with Crippen molar-refractivity contribution in [2.75, 3.05) is 29.9 Å². The summed E-state index contributed by atoms with van der Waals surface area (Å²) in [6, 6.07) is 5.63. The van der Waals surface area contributed by atoms with Crippen molar-refractivity contribution in [2.24, 2.45) is 0 Å². The quantitative estimate of drug-likeness (QED) is 0.854. The largest absolute Gasteiger partial charge is 0.467 e. The van der Waals surface area contributed by atoms with Gasteiger partial charge in [-0.1, -0.05) is 0 Å². The van der Waals surface area contributed by atoms with Gasteiger partial charge in [0.15, 0.2) is 0 Å². The molecule has 2 N–H and O–H groups in total. The lowest BCUT2D eigenvalue weighted by molar-refractivity contribution is 0.273. The van der Waals surface area contributed by atoms with Gasteiger partial charge in [0.25, 0.3) is 0 Å². The Kier molecular flexibility index (Phi) is 4.90. The molecule has 1 aliphatic rings. The molecule has 6 heteroatoms. The minimum absolute atomic E-state index is 0.0857. The summed E-state index contributed by atoms with van der Waals surface area (Å²) in [7, 11) is 0. The first-order valence-electron chi connectivity index (χ1n) is 7.84. The number of nitrogens with zero attached hydrogens (tertiary/aromatic N) is 3. The number of anilines is 2. The van der Waals surface area contributed by atoms with Gasteiger partial charge in [-0.05, 0) is 37.8 Å². The molecule has 0 spiro atoms. The van der Waals surface area contributed by atoms with Crippen LogP contribution in [0, 0.1) is 0 Å². The van der Waals surface area contributed by atoms with Gasteiger partial charge in [0, 0.05) is 25.8 Å². The third-order valence-corrected chi connectivity index (χ3v) is 3.96. The first-order valence-corrected chi connectivity index (χ1v) is 7.84. The zero-order valence-electron chi connectivity index (χ0n) is 12.6. The van der Waals surface area contributed by atoms with Gasteiger partial charge in [-0.15, -0.1) is 0 Å². The molecule has 0 aromatic carbocycles. The van der Waals surface area contributed by atoms with Crippen LogP contribution in [0.25, 0.3) is 0 Å². The van der Waals surface area contributed by atoms with E-state index in [1.165, 1.54) is 19.3 Å². The summed E-state index contributed by atoms with van der Waals surface area (Å²) in [5, 5.41) is 12.6. The first-order chi connectivity index (χ1) is 10.9. The molecule has 118 valence electrons. The Labute approximate surface area is 130 Å². The number of piperidine rings is 1. The maximum absolute atomic E-state index is 9.25. The third-order valence-electron chi connectivity index (χ3n) is 3.96. The molecule has 6 nitrogen and oxygen atoms in total. The smallest absolute Gasteiger partial charge is 0.134 e. The highest BCUT2D eigenvalue weighted by Gasteiger charge is 2.16. The van der Waals surface area contributed by atoms with Crippen molar-refractivity contribution < 1.29 is 9.52 Å². The van der Waals surface area contributed by atoms with Crippen LogP contribution in [0.2, 0.25) is 0 Å².